The summed E-state index contributed by atoms with van der Waals surface area (Å²) in [7, 11) is 1.36. The number of hydrogen-bond acceptors (Lipinski definition) is 4. The van der Waals surface area contributed by atoms with Gasteiger partial charge in [0, 0.05) is 49.8 Å². The van der Waals surface area contributed by atoms with Gasteiger partial charge in [0.15, 0.2) is 11.6 Å². The van der Waals surface area contributed by atoms with Gasteiger partial charge < -0.3 is 15.2 Å². The van der Waals surface area contributed by atoms with Crippen LogP contribution in [0.2, 0.25) is 0 Å². The first-order valence-electron chi connectivity index (χ1n) is 7.50. The zero-order valence-corrected chi connectivity index (χ0v) is 13.3. The van der Waals surface area contributed by atoms with Crippen LogP contribution in [-0.2, 0) is 0 Å². The topological polar surface area (TPSA) is 44.7 Å². The SMILES string of the molecule is COc1ccc(F)c([C@@H](N2CCNCC2)C(C)(C)CO)c1F. The largest absolute Gasteiger partial charge is 0.494 e. The third-order valence-electron chi connectivity index (χ3n) is 4.25. The van der Waals surface area contributed by atoms with E-state index in [0.29, 0.717) is 13.1 Å². The van der Waals surface area contributed by atoms with Crippen molar-refractivity contribution >= 4 is 0 Å². The van der Waals surface area contributed by atoms with Gasteiger partial charge in [0.25, 0.3) is 0 Å². The van der Waals surface area contributed by atoms with Crippen LogP contribution in [0.1, 0.15) is 25.5 Å². The van der Waals surface area contributed by atoms with Gasteiger partial charge in [-0.25, -0.2) is 8.78 Å². The number of benzene rings is 1. The first-order valence-corrected chi connectivity index (χ1v) is 7.50. The number of nitrogens with one attached hydrogen (secondary N) is 1. The van der Waals surface area contributed by atoms with E-state index in [9.17, 15) is 13.9 Å². The molecule has 2 N–H and O–H groups in total. The van der Waals surface area contributed by atoms with E-state index in [1.165, 1.54) is 19.2 Å². The minimum atomic E-state index is -0.689. The van der Waals surface area contributed by atoms with E-state index >= 15 is 0 Å². The summed E-state index contributed by atoms with van der Waals surface area (Å²) in [6.45, 7) is 6.32. The average Bonchev–Trinajstić information content (AvgIpc) is 2.52. The van der Waals surface area contributed by atoms with E-state index in [4.69, 9.17) is 4.74 Å². The maximum Gasteiger partial charge on any atom is 0.172 e. The van der Waals surface area contributed by atoms with Crippen LogP contribution in [0.3, 0.4) is 0 Å². The maximum absolute atomic E-state index is 14.7. The Morgan fingerprint density at radius 2 is 1.95 bits per heavy atom. The van der Waals surface area contributed by atoms with Gasteiger partial charge in [0.2, 0.25) is 0 Å². The summed E-state index contributed by atoms with van der Waals surface area (Å²) in [5.41, 5.74) is -0.717. The highest BCUT2D eigenvalue weighted by Crippen LogP contribution is 2.42. The van der Waals surface area contributed by atoms with Crippen molar-refractivity contribution < 1.29 is 18.6 Å². The van der Waals surface area contributed by atoms with Gasteiger partial charge in [0.05, 0.1) is 7.11 Å². The Bertz CT molecular complexity index is 517. The Hall–Kier alpha value is -1.24. The molecule has 1 aliphatic heterocycles. The van der Waals surface area contributed by atoms with Gasteiger partial charge in [-0.3, -0.25) is 4.90 Å². The minimum absolute atomic E-state index is 0.0188. The fraction of sp³-hybridized carbons (Fsp3) is 0.625. The van der Waals surface area contributed by atoms with Crippen molar-refractivity contribution in [3.05, 3.63) is 29.3 Å². The summed E-state index contributed by atoms with van der Waals surface area (Å²) < 4.78 is 34.1. The molecule has 0 saturated carbocycles. The van der Waals surface area contributed by atoms with Gasteiger partial charge >= 0.3 is 0 Å². The zero-order chi connectivity index (χ0) is 16.3. The molecule has 1 saturated heterocycles. The summed E-state index contributed by atoms with van der Waals surface area (Å²) in [4.78, 5) is 2.02. The van der Waals surface area contributed by atoms with Crippen LogP contribution in [0.25, 0.3) is 0 Å². The number of aliphatic hydroxyl groups excluding tert-OH is 1. The number of nitrogens with zero attached hydrogens (tertiary/aromatic N) is 1. The Kier molecular flexibility index (Phi) is 5.36. The van der Waals surface area contributed by atoms with Crippen molar-refractivity contribution in [2.24, 2.45) is 5.41 Å². The fourth-order valence-corrected chi connectivity index (χ4v) is 3.05. The summed E-state index contributed by atoms with van der Waals surface area (Å²) in [6.07, 6.45) is 0. The predicted octanol–water partition coefficient (Wildman–Crippen LogP) is 1.94. The van der Waals surface area contributed by atoms with Crippen LogP contribution in [0.5, 0.6) is 5.75 Å². The van der Waals surface area contributed by atoms with Gasteiger partial charge in [-0.1, -0.05) is 13.8 Å². The number of aliphatic hydroxyl groups is 1. The van der Waals surface area contributed by atoms with Crippen molar-refractivity contribution in [3.8, 4) is 5.75 Å². The van der Waals surface area contributed by atoms with Crippen LogP contribution in [0, 0.1) is 17.0 Å². The van der Waals surface area contributed by atoms with E-state index in [1.807, 2.05) is 18.7 Å². The lowest BCUT2D eigenvalue weighted by atomic mass is 9.79. The summed E-state index contributed by atoms with van der Waals surface area (Å²) in [5.74, 6) is -1.28. The molecular weight excluding hydrogens is 290 g/mol. The van der Waals surface area contributed by atoms with Crippen molar-refractivity contribution in [2.75, 3.05) is 39.9 Å². The number of methoxy groups -OCH3 is 1. The zero-order valence-electron chi connectivity index (χ0n) is 13.3. The van der Waals surface area contributed by atoms with E-state index < -0.39 is 23.1 Å². The van der Waals surface area contributed by atoms with Crippen LogP contribution in [0.4, 0.5) is 8.78 Å². The molecule has 1 aromatic rings. The molecule has 6 heteroatoms. The predicted molar refractivity (Wildman–Crippen MR) is 81.0 cm³/mol. The van der Waals surface area contributed by atoms with Crippen molar-refractivity contribution in [2.45, 2.75) is 19.9 Å². The lowest BCUT2D eigenvalue weighted by Crippen LogP contribution is -2.50. The molecule has 124 valence electrons. The number of ether oxygens (including phenoxy) is 1. The minimum Gasteiger partial charge on any atom is -0.494 e. The standard InChI is InChI=1S/C16H24F2N2O2/c1-16(2,10-21)15(20-8-6-19-7-9-20)13-11(17)4-5-12(22-3)14(13)18/h4-5,15,19,21H,6-10H2,1-3H3/t15-/m1/s1. The quantitative estimate of drug-likeness (QED) is 0.872. The Morgan fingerprint density at radius 3 is 2.50 bits per heavy atom. The molecule has 1 aliphatic rings. The molecule has 1 aromatic carbocycles. The van der Waals surface area contributed by atoms with Gasteiger partial charge in [-0.2, -0.15) is 0 Å². The second-order valence-electron chi connectivity index (χ2n) is 6.31. The maximum atomic E-state index is 14.7. The molecule has 2 rings (SSSR count). The molecule has 4 nitrogen and oxygen atoms in total. The number of piperazine rings is 1. The van der Waals surface area contributed by atoms with E-state index in [-0.39, 0.29) is 17.9 Å². The second kappa shape index (κ2) is 6.89. The first-order chi connectivity index (χ1) is 10.4. The Balaban J connectivity index is 2.53. The highest BCUT2D eigenvalue weighted by Gasteiger charge is 2.39. The molecule has 0 unspecified atom stereocenters. The highest BCUT2D eigenvalue weighted by molar-refractivity contribution is 5.35. The highest BCUT2D eigenvalue weighted by atomic mass is 19.1. The van der Waals surface area contributed by atoms with Crippen LogP contribution in [0.15, 0.2) is 12.1 Å². The van der Waals surface area contributed by atoms with Crippen molar-refractivity contribution in [3.63, 3.8) is 0 Å². The third kappa shape index (κ3) is 3.24. The molecule has 0 bridgehead atoms. The number of rotatable bonds is 5. The number of halogens is 2. The molecular formula is C16H24F2N2O2. The van der Waals surface area contributed by atoms with Crippen LogP contribution in [-0.4, -0.2) is 49.9 Å². The van der Waals surface area contributed by atoms with Crippen molar-refractivity contribution in [1.82, 2.24) is 10.2 Å². The van der Waals surface area contributed by atoms with E-state index in [1.54, 1.807) is 0 Å². The molecule has 22 heavy (non-hydrogen) atoms. The third-order valence-corrected chi connectivity index (χ3v) is 4.25. The molecule has 0 radical (unpaired) electrons. The van der Waals surface area contributed by atoms with Crippen molar-refractivity contribution in [1.29, 1.82) is 0 Å². The number of hydrogen-bond donors (Lipinski definition) is 2. The smallest absolute Gasteiger partial charge is 0.172 e. The molecule has 0 aromatic heterocycles. The van der Waals surface area contributed by atoms with E-state index in [2.05, 4.69) is 5.32 Å². The molecule has 1 fully saturated rings. The molecule has 0 spiro atoms. The molecule has 1 heterocycles. The molecule has 1 atom stereocenters. The van der Waals surface area contributed by atoms with Gasteiger partial charge in [-0.15, -0.1) is 0 Å². The van der Waals surface area contributed by atoms with Crippen LogP contribution < -0.4 is 10.1 Å². The lowest BCUT2D eigenvalue weighted by molar-refractivity contribution is 0.0263. The molecule has 0 aliphatic carbocycles. The molecule has 0 amide bonds. The van der Waals surface area contributed by atoms with E-state index in [0.717, 1.165) is 13.1 Å². The normalized spacial score (nSPS) is 18.3. The second-order valence-corrected chi connectivity index (χ2v) is 6.31. The Morgan fingerprint density at radius 1 is 1.32 bits per heavy atom. The Labute approximate surface area is 130 Å². The summed E-state index contributed by atoms with van der Waals surface area (Å²) >= 11 is 0. The average molecular weight is 314 g/mol. The first kappa shape index (κ1) is 17.1. The summed E-state index contributed by atoms with van der Waals surface area (Å²) in [6, 6.07) is 1.95. The lowest BCUT2D eigenvalue weighted by Gasteiger charge is -2.43. The monoisotopic (exact) mass is 314 g/mol. The van der Waals surface area contributed by atoms with Gasteiger partial charge in [-0.05, 0) is 12.1 Å². The fourth-order valence-electron chi connectivity index (χ4n) is 3.05. The van der Waals surface area contributed by atoms with Crippen LogP contribution >= 0.6 is 0 Å². The van der Waals surface area contributed by atoms with Gasteiger partial charge in [0.1, 0.15) is 5.82 Å². The summed E-state index contributed by atoms with van der Waals surface area (Å²) in [5, 5.41) is 13.0.